The first kappa shape index (κ1) is 14.0. The minimum Gasteiger partial charge on any atom is -0.379 e. The van der Waals surface area contributed by atoms with Gasteiger partial charge >= 0.3 is 0 Å². The molecule has 0 amide bonds. The number of halogens is 2. The third kappa shape index (κ3) is 2.65. The van der Waals surface area contributed by atoms with E-state index in [0.717, 1.165) is 6.42 Å². The standard InChI is InChI=1S/C14H16ClFN2O/c1-3-8-18-13(12(15)9-17-18)14(2,19)10-4-6-11(16)7-5-10/h4-7,9,19H,3,8H2,1-2H3. The molecule has 0 saturated heterocycles. The van der Waals surface area contributed by atoms with Gasteiger partial charge in [0.25, 0.3) is 0 Å². The molecule has 2 rings (SSSR count). The van der Waals surface area contributed by atoms with Crippen LogP contribution in [0.2, 0.25) is 5.02 Å². The van der Waals surface area contributed by atoms with Crippen LogP contribution in [-0.2, 0) is 12.1 Å². The van der Waals surface area contributed by atoms with Gasteiger partial charge in [0, 0.05) is 6.54 Å². The number of benzene rings is 1. The summed E-state index contributed by atoms with van der Waals surface area (Å²) < 4.78 is 14.7. The zero-order valence-electron chi connectivity index (χ0n) is 10.9. The zero-order chi connectivity index (χ0) is 14.0. The predicted octanol–water partition coefficient (Wildman–Crippen LogP) is 3.34. The first-order valence-electron chi connectivity index (χ1n) is 6.17. The molecule has 0 bridgehead atoms. The van der Waals surface area contributed by atoms with E-state index in [9.17, 15) is 9.50 Å². The van der Waals surface area contributed by atoms with Crippen molar-refractivity contribution in [3.05, 3.63) is 52.6 Å². The fourth-order valence-corrected chi connectivity index (χ4v) is 2.46. The van der Waals surface area contributed by atoms with Gasteiger partial charge in [0.05, 0.1) is 16.9 Å². The quantitative estimate of drug-likeness (QED) is 0.934. The molecule has 1 aromatic carbocycles. The molecule has 19 heavy (non-hydrogen) atoms. The second-order valence-corrected chi connectivity index (χ2v) is 5.05. The van der Waals surface area contributed by atoms with Crippen LogP contribution in [0, 0.1) is 5.82 Å². The molecule has 1 unspecified atom stereocenters. The molecule has 0 radical (unpaired) electrons. The Morgan fingerprint density at radius 3 is 2.58 bits per heavy atom. The molecule has 102 valence electrons. The molecule has 5 heteroatoms. The molecule has 3 nitrogen and oxygen atoms in total. The van der Waals surface area contributed by atoms with Gasteiger partial charge in [-0.1, -0.05) is 30.7 Å². The number of aromatic nitrogens is 2. The van der Waals surface area contributed by atoms with Crippen molar-refractivity contribution < 1.29 is 9.50 Å². The van der Waals surface area contributed by atoms with Crippen LogP contribution in [0.1, 0.15) is 31.5 Å². The first-order valence-corrected chi connectivity index (χ1v) is 6.54. The number of hydrogen-bond acceptors (Lipinski definition) is 2. The maximum absolute atomic E-state index is 13.0. The molecule has 1 heterocycles. The molecule has 2 aromatic rings. The van der Waals surface area contributed by atoms with Crippen molar-refractivity contribution in [2.24, 2.45) is 0 Å². The van der Waals surface area contributed by atoms with Crippen LogP contribution in [0.25, 0.3) is 0 Å². The second kappa shape index (κ2) is 5.31. The van der Waals surface area contributed by atoms with E-state index >= 15 is 0 Å². The van der Waals surface area contributed by atoms with Gasteiger partial charge in [0.1, 0.15) is 11.4 Å². The van der Waals surface area contributed by atoms with Crippen molar-refractivity contribution in [2.45, 2.75) is 32.4 Å². The summed E-state index contributed by atoms with van der Waals surface area (Å²) in [5.41, 5.74) is -0.201. The molecule has 0 fully saturated rings. The molecule has 1 aromatic heterocycles. The smallest absolute Gasteiger partial charge is 0.130 e. The lowest BCUT2D eigenvalue weighted by Crippen LogP contribution is -2.27. The highest BCUT2D eigenvalue weighted by molar-refractivity contribution is 6.31. The van der Waals surface area contributed by atoms with Gasteiger partial charge in [-0.2, -0.15) is 5.10 Å². The fourth-order valence-electron chi connectivity index (χ4n) is 2.14. The Balaban J connectivity index is 2.49. The van der Waals surface area contributed by atoms with Crippen LogP contribution < -0.4 is 0 Å². The average molecular weight is 283 g/mol. The lowest BCUT2D eigenvalue weighted by Gasteiger charge is -2.25. The van der Waals surface area contributed by atoms with E-state index in [1.165, 1.54) is 18.3 Å². The van der Waals surface area contributed by atoms with Gasteiger partial charge in [-0.3, -0.25) is 4.68 Å². The van der Waals surface area contributed by atoms with Crippen molar-refractivity contribution in [1.29, 1.82) is 0 Å². The van der Waals surface area contributed by atoms with Crippen molar-refractivity contribution in [3.63, 3.8) is 0 Å². The number of rotatable bonds is 4. The van der Waals surface area contributed by atoms with Crippen molar-refractivity contribution in [3.8, 4) is 0 Å². The molecule has 0 aliphatic rings. The Bertz CT molecular complexity index is 563. The number of aryl methyl sites for hydroxylation is 1. The topological polar surface area (TPSA) is 38.0 Å². The fraction of sp³-hybridized carbons (Fsp3) is 0.357. The summed E-state index contributed by atoms with van der Waals surface area (Å²) >= 11 is 6.13. The zero-order valence-corrected chi connectivity index (χ0v) is 11.7. The molecular formula is C14H16ClFN2O. The van der Waals surface area contributed by atoms with Gasteiger partial charge in [-0.25, -0.2) is 4.39 Å². The van der Waals surface area contributed by atoms with E-state index in [1.54, 1.807) is 23.7 Å². The lowest BCUT2D eigenvalue weighted by atomic mass is 9.92. The summed E-state index contributed by atoms with van der Waals surface area (Å²) in [5.74, 6) is -0.340. The van der Waals surface area contributed by atoms with Crippen LogP contribution in [-0.4, -0.2) is 14.9 Å². The summed E-state index contributed by atoms with van der Waals surface area (Å²) in [5, 5.41) is 15.3. The Labute approximate surface area is 116 Å². The van der Waals surface area contributed by atoms with Gasteiger partial charge in [0.2, 0.25) is 0 Å². The number of hydrogen-bond donors (Lipinski definition) is 1. The summed E-state index contributed by atoms with van der Waals surface area (Å²) in [6.45, 7) is 4.32. The van der Waals surface area contributed by atoms with Crippen LogP contribution >= 0.6 is 11.6 Å². The second-order valence-electron chi connectivity index (χ2n) is 4.64. The molecule has 1 atom stereocenters. The van der Waals surface area contributed by atoms with Crippen LogP contribution in [0.4, 0.5) is 4.39 Å². The van der Waals surface area contributed by atoms with Crippen LogP contribution in [0.15, 0.2) is 30.5 Å². The Morgan fingerprint density at radius 2 is 2.00 bits per heavy atom. The Morgan fingerprint density at radius 1 is 1.37 bits per heavy atom. The first-order chi connectivity index (χ1) is 8.96. The molecular weight excluding hydrogens is 267 g/mol. The normalized spacial score (nSPS) is 14.4. The van der Waals surface area contributed by atoms with Crippen molar-refractivity contribution in [2.75, 3.05) is 0 Å². The van der Waals surface area contributed by atoms with Gasteiger partial charge in [-0.15, -0.1) is 0 Å². The predicted molar refractivity (Wildman–Crippen MR) is 72.6 cm³/mol. The SMILES string of the molecule is CCCn1ncc(Cl)c1C(C)(O)c1ccc(F)cc1. The monoisotopic (exact) mass is 282 g/mol. The average Bonchev–Trinajstić information content (AvgIpc) is 2.72. The number of aliphatic hydroxyl groups is 1. The Kier molecular flexibility index (Phi) is 3.92. The minimum absolute atomic E-state index is 0.340. The largest absolute Gasteiger partial charge is 0.379 e. The summed E-state index contributed by atoms with van der Waals surface area (Å²) in [6.07, 6.45) is 2.40. The molecule has 0 saturated carbocycles. The van der Waals surface area contributed by atoms with Gasteiger partial charge in [0.15, 0.2) is 0 Å². The van der Waals surface area contributed by atoms with E-state index in [0.29, 0.717) is 22.8 Å². The van der Waals surface area contributed by atoms with Crippen LogP contribution in [0.3, 0.4) is 0 Å². The van der Waals surface area contributed by atoms with Crippen LogP contribution in [0.5, 0.6) is 0 Å². The molecule has 0 spiro atoms. The molecule has 0 aliphatic carbocycles. The van der Waals surface area contributed by atoms with Gasteiger partial charge < -0.3 is 5.11 Å². The van der Waals surface area contributed by atoms with E-state index in [1.807, 2.05) is 6.92 Å². The molecule has 1 N–H and O–H groups in total. The summed E-state index contributed by atoms with van der Waals surface area (Å²) in [6, 6.07) is 5.74. The molecule has 0 aliphatic heterocycles. The number of nitrogens with zero attached hydrogens (tertiary/aromatic N) is 2. The van der Waals surface area contributed by atoms with Crippen molar-refractivity contribution in [1.82, 2.24) is 9.78 Å². The highest BCUT2D eigenvalue weighted by Crippen LogP contribution is 2.34. The highest BCUT2D eigenvalue weighted by Gasteiger charge is 2.32. The maximum atomic E-state index is 13.0. The third-order valence-corrected chi connectivity index (χ3v) is 3.37. The van der Waals surface area contributed by atoms with Gasteiger partial charge in [-0.05, 0) is 31.0 Å². The van der Waals surface area contributed by atoms with Crippen molar-refractivity contribution >= 4 is 11.6 Å². The lowest BCUT2D eigenvalue weighted by molar-refractivity contribution is 0.0914. The minimum atomic E-state index is -1.31. The van der Waals surface area contributed by atoms with E-state index in [-0.39, 0.29) is 5.82 Å². The third-order valence-electron chi connectivity index (χ3n) is 3.10. The van der Waals surface area contributed by atoms with E-state index in [2.05, 4.69) is 5.10 Å². The maximum Gasteiger partial charge on any atom is 0.130 e. The highest BCUT2D eigenvalue weighted by atomic mass is 35.5. The van der Waals surface area contributed by atoms with E-state index in [4.69, 9.17) is 11.6 Å². The van der Waals surface area contributed by atoms with E-state index < -0.39 is 5.60 Å². The Hall–Kier alpha value is -1.39. The summed E-state index contributed by atoms with van der Waals surface area (Å²) in [7, 11) is 0. The summed E-state index contributed by atoms with van der Waals surface area (Å²) in [4.78, 5) is 0.